The molecule has 0 rings (SSSR count). The smallest absolute Gasteiger partial charge is 0.106 e. The van der Waals surface area contributed by atoms with Gasteiger partial charge in [0.15, 0.2) is 0 Å². The van der Waals surface area contributed by atoms with E-state index >= 15 is 0 Å². The Hall–Kier alpha value is -0.0800. The van der Waals surface area contributed by atoms with Crippen LogP contribution in [-0.2, 0) is 0 Å². The standard InChI is InChI=1S/C5H13NO/c1-4(2)5(7)6-3/h4-7H,1-3H3/t5-/m0/s1. The van der Waals surface area contributed by atoms with Gasteiger partial charge in [-0.1, -0.05) is 13.8 Å². The quantitative estimate of drug-likeness (QED) is 0.489. The Morgan fingerprint density at radius 1 is 1.43 bits per heavy atom. The van der Waals surface area contributed by atoms with Gasteiger partial charge in [0.05, 0.1) is 0 Å². The van der Waals surface area contributed by atoms with Crippen molar-refractivity contribution in [2.24, 2.45) is 5.92 Å². The molecule has 0 fully saturated rings. The summed E-state index contributed by atoms with van der Waals surface area (Å²) in [5.41, 5.74) is 0. The fourth-order valence-corrected chi connectivity index (χ4v) is 0.333. The second kappa shape index (κ2) is 2.99. The van der Waals surface area contributed by atoms with Crippen molar-refractivity contribution in [3.63, 3.8) is 0 Å². The molecule has 2 nitrogen and oxygen atoms in total. The maximum Gasteiger partial charge on any atom is 0.106 e. The van der Waals surface area contributed by atoms with Crippen molar-refractivity contribution in [1.29, 1.82) is 0 Å². The highest BCUT2D eigenvalue weighted by atomic mass is 16.3. The molecule has 0 amide bonds. The van der Waals surface area contributed by atoms with Crippen LogP contribution in [0.3, 0.4) is 0 Å². The van der Waals surface area contributed by atoms with Crippen LogP contribution in [0.4, 0.5) is 0 Å². The zero-order valence-corrected chi connectivity index (χ0v) is 5.10. The summed E-state index contributed by atoms with van der Waals surface area (Å²) in [4.78, 5) is 0. The maximum atomic E-state index is 8.82. The molecule has 7 heavy (non-hydrogen) atoms. The second-order valence-electron chi connectivity index (χ2n) is 1.98. The van der Waals surface area contributed by atoms with Crippen LogP contribution in [0, 0.1) is 5.92 Å². The number of aliphatic hydroxyl groups is 1. The first-order chi connectivity index (χ1) is 3.18. The lowest BCUT2D eigenvalue weighted by atomic mass is 10.2. The molecule has 0 radical (unpaired) electrons. The Morgan fingerprint density at radius 3 is 1.86 bits per heavy atom. The minimum absolute atomic E-state index is 0.310. The monoisotopic (exact) mass is 103 g/mol. The zero-order chi connectivity index (χ0) is 5.86. The summed E-state index contributed by atoms with van der Waals surface area (Å²) in [7, 11) is 1.74. The highest BCUT2D eigenvalue weighted by Gasteiger charge is 2.02. The molecule has 0 saturated heterocycles. The van der Waals surface area contributed by atoms with E-state index < -0.39 is 0 Å². The molecule has 0 aromatic carbocycles. The van der Waals surface area contributed by atoms with E-state index in [1.54, 1.807) is 7.05 Å². The van der Waals surface area contributed by atoms with Crippen molar-refractivity contribution in [3.05, 3.63) is 0 Å². The van der Waals surface area contributed by atoms with Crippen molar-refractivity contribution in [2.45, 2.75) is 20.1 Å². The summed E-state index contributed by atoms with van der Waals surface area (Å²) < 4.78 is 0. The van der Waals surface area contributed by atoms with E-state index in [-0.39, 0.29) is 6.23 Å². The third kappa shape index (κ3) is 2.60. The summed E-state index contributed by atoms with van der Waals surface area (Å²) in [6, 6.07) is 0. The van der Waals surface area contributed by atoms with Crippen LogP contribution in [0.2, 0.25) is 0 Å². The van der Waals surface area contributed by atoms with Gasteiger partial charge in [-0.05, 0) is 13.0 Å². The molecule has 44 valence electrons. The van der Waals surface area contributed by atoms with Crippen LogP contribution < -0.4 is 5.32 Å². The fraction of sp³-hybridized carbons (Fsp3) is 1.00. The average molecular weight is 103 g/mol. The van der Waals surface area contributed by atoms with Gasteiger partial charge in [0, 0.05) is 0 Å². The maximum absolute atomic E-state index is 8.82. The molecule has 0 heterocycles. The first kappa shape index (κ1) is 6.92. The lowest BCUT2D eigenvalue weighted by Gasteiger charge is -2.11. The molecule has 2 N–H and O–H groups in total. The van der Waals surface area contributed by atoms with E-state index in [0.717, 1.165) is 0 Å². The van der Waals surface area contributed by atoms with Gasteiger partial charge in [0.25, 0.3) is 0 Å². The van der Waals surface area contributed by atoms with Crippen molar-refractivity contribution >= 4 is 0 Å². The summed E-state index contributed by atoms with van der Waals surface area (Å²) in [5.74, 6) is 0.310. The lowest BCUT2D eigenvalue weighted by Crippen LogP contribution is -2.29. The van der Waals surface area contributed by atoms with Gasteiger partial charge in [-0.15, -0.1) is 0 Å². The van der Waals surface area contributed by atoms with Crippen LogP contribution in [0.5, 0.6) is 0 Å². The van der Waals surface area contributed by atoms with E-state index in [2.05, 4.69) is 5.32 Å². The first-order valence-electron chi connectivity index (χ1n) is 2.53. The molecule has 0 aliphatic rings. The van der Waals surface area contributed by atoms with Crippen LogP contribution in [0.1, 0.15) is 13.8 Å². The molecule has 0 aromatic rings. The van der Waals surface area contributed by atoms with E-state index in [9.17, 15) is 0 Å². The minimum Gasteiger partial charge on any atom is -0.378 e. The molecule has 0 bridgehead atoms. The summed E-state index contributed by atoms with van der Waals surface area (Å²) in [6.07, 6.45) is -0.347. The van der Waals surface area contributed by atoms with Gasteiger partial charge in [-0.2, -0.15) is 0 Å². The summed E-state index contributed by atoms with van der Waals surface area (Å²) in [6.45, 7) is 3.92. The average Bonchev–Trinajstić information content (AvgIpc) is 1.65. The Kier molecular flexibility index (Phi) is 2.96. The van der Waals surface area contributed by atoms with Crippen molar-refractivity contribution in [1.82, 2.24) is 5.32 Å². The van der Waals surface area contributed by atoms with Gasteiger partial charge in [0.2, 0.25) is 0 Å². The third-order valence-corrected chi connectivity index (χ3v) is 0.927. The molecular formula is C5H13NO. The number of nitrogens with one attached hydrogen (secondary N) is 1. The Morgan fingerprint density at radius 2 is 1.86 bits per heavy atom. The van der Waals surface area contributed by atoms with Crippen LogP contribution in [-0.4, -0.2) is 18.4 Å². The SMILES string of the molecule is CN[C@@H](O)C(C)C. The number of hydrogen-bond acceptors (Lipinski definition) is 2. The van der Waals surface area contributed by atoms with Gasteiger partial charge in [-0.25, -0.2) is 0 Å². The van der Waals surface area contributed by atoms with Gasteiger partial charge < -0.3 is 5.11 Å². The molecule has 0 saturated carbocycles. The Balaban J connectivity index is 3.14. The molecule has 0 spiro atoms. The molecule has 2 heteroatoms. The van der Waals surface area contributed by atoms with E-state index in [4.69, 9.17) is 5.11 Å². The summed E-state index contributed by atoms with van der Waals surface area (Å²) >= 11 is 0. The van der Waals surface area contributed by atoms with Crippen LogP contribution >= 0.6 is 0 Å². The summed E-state index contributed by atoms with van der Waals surface area (Å²) in [5, 5.41) is 11.5. The molecule has 0 unspecified atom stereocenters. The van der Waals surface area contributed by atoms with Crippen LogP contribution in [0.25, 0.3) is 0 Å². The normalized spacial score (nSPS) is 15.0. The molecular weight excluding hydrogens is 90.1 g/mol. The third-order valence-electron chi connectivity index (χ3n) is 0.927. The largest absolute Gasteiger partial charge is 0.378 e. The van der Waals surface area contributed by atoms with Gasteiger partial charge >= 0.3 is 0 Å². The second-order valence-corrected chi connectivity index (χ2v) is 1.98. The molecule has 1 atom stereocenters. The molecule has 0 aliphatic carbocycles. The van der Waals surface area contributed by atoms with E-state index in [1.165, 1.54) is 0 Å². The van der Waals surface area contributed by atoms with Gasteiger partial charge in [0.1, 0.15) is 6.23 Å². The van der Waals surface area contributed by atoms with Crippen molar-refractivity contribution in [2.75, 3.05) is 7.05 Å². The number of rotatable bonds is 2. The predicted octanol–water partition coefficient (Wildman–Crippen LogP) is 0.180. The minimum atomic E-state index is -0.347. The zero-order valence-electron chi connectivity index (χ0n) is 5.10. The van der Waals surface area contributed by atoms with Crippen molar-refractivity contribution in [3.8, 4) is 0 Å². The highest BCUT2D eigenvalue weighted by molar-refractivity contribution is 4.51. The Labute approximate surface area is 44.5 Å². The predicted molar refractivity (Wildman–Crippen MR) is 29.9 cm³/mol. The van der Waals surface area contributed by atoms with Gasteiger partial charge in [-0.3, -0.25) is 5.32 Å². The van der Waals surface area contributed by atoms with E-state index in [1.807, 2.05) is 13.8 Å². The van der Waals surface area contributed by atoms with Crippen molar-refractivity contribution < 1.29 is 5.11 Å². The topological polar surface area (TPSA) is 32.3 Å². The Bertz CT molecular complexity index is 45.3. The lowest BCUT2D eigenvalue weighted by molar-refractivity contribution is 0.0991. The number of aliphatic hydroxyl groups excluding tert-OH is 1. The molecule has 0 aromatic heterocycles. The first-order valence-corrected chi connectivity index (χ1v) is 2.53. The van der Waals surface area contributed by atoms with Crippen LogP contribution in [0.15, 0.2) is 0 Å². The molecule has 0 aliphatic heterocycles. The fourth-order valence-electron chi connectivity index (χ4n) is 0.333. The number of hydrogen-bond donors (Lipinski definition) is 2. The van der Waals surface area contributed by atoms with E-state index in [0.29, 0.717) is 5.92 Å². The highest BCUT2D eigenvalue weighted by Crippen LogP contribution is 1.94.